The van der Waals surface area contributed by atoms with Crippen LogP contribution in [0.5, 0.6) is 5.75 Å². The number of carbonyl (C=O) groups is 1. The van der Waals surface area contributed by atoms with Crippen LogP contribution in [0.3, 0.4) is 0 Å². The van der Waals surface area contributed by atoms with E-state index in [1.54, 1.807) is 6.20 Å². The van der Waals surface area contributed by atoms with E-state index in [-0.39, 0.29) is 29.2 Å². The lowest BCUT2D eigenvalue weighted by molar-refractivity contribution is -0.119. The summed E-state index contributed by atoms with van der Waals surface area (Å²) in [5.41, 5.74) is 0.248. The number of nitriles is 1. The first kappa shape index (κ1) is 16.4. The third-order valence-corrected chi connectivity index (χ3v) is 4.28. The van der Waals surface area contributed by atoms with Gasteiger partial charge in [-0.15, -0.1) is 5.10 Å². The van der Waals surface area contributed by atoms with Gasteiger partial charge in [-0.1, -0.05) is 5.21 Å². The summed E-state index contributed by atoms with van der Waals surface area (Å²) in [5, 5.41) is 16.1. The molecule has 9 nitrogen and oxygen atoms in total. The number of nitrogens with one attached hydrogen (secondary N) is 1. The zero-order valence-corrected chi connectivity index (χ0v) is 12.9. The summed E-state index contributed by atoms with van der Waals surface area (Å²) in [6.45, 7) is 0.200. The average molecular weight is 335 g/mol. The second-order valence-electron chi connectivity index (χ2n) is 4.42. The highest BCUT2D eigenvalue weighted by molar-refractivity contribution is 7.90. The second-order valence-corrected chi connectivity index (χ2v) is 6.07. The van der Waals surface area contributed by atoms with Gasteiger partial charge in [0, 0.05) is 12.6 Å². The maximum absolute atomic E-state index is 12.3. The van der Waals surface area contributed by atoms with Crippen LogP contribution in [-0.2, 0) is 21.4 Å². The first-order valence-corrected chi connectivity index (χ1v) is 7.92. The van der Waals surface area contributed by atoms with Crippen LogP contribution in [0.25, 0.3) is 0 Å². The van der Waals surface area contributed by atoms with Gasteiger partial charge in [0.1, 0.15) is 10.6 Å². The first-order valence-electron chi connectivity index (χ1n) is 6.44. The molecule has 1 heterocycles. The summed E-state index contributed by atoms with van der Waals surface area (Å²) in [5.74, 6) is -0.701. The quantitative estimate of drug-likeness (QED) is 0.790. The van der Waals surface area contributed by atoms with Crippen molar-refractivity contribution in [1.82, 2.24) is 19.7 Å². The van der Waals surface area contributed by atoms with E-state index in [0.717, 1.165) is 0 Å². The molecule has 1 amide bonds. The lowest BCUT2D eigenvalue weighted by Crippen LogP contribution is -2.31. The molecule has 0 unspecified atom stereocenters. The van der Waals surface area contributed by atoms with Gasteiger partial charge >= 0.3 is 0 Å². The third-order valence-electron chi connectivity index (χ3n) is 2.87. The van der Waals surface area contributed by atoms with Gasteiger partial charge < -0.3 is 4.74 Å². The highest BCUT2D eigenvalue weighted by atomic mass is 32.2. The number of aryl methyl sites for hydroxylation is 1. The summed E-state index contributed by atoms with van der Waals surface area (Å²) in [6.07, 6.45) is 2.93. The number of carbonyl (C=O) groups excluding carboxylic acids is 1. The number of rotatable bonds is 6. The summed E-state index contributed by atoms with van der Waals surface area (Å²) in [4.78, 5) is 11.6. The van der Waals surface area contributed by atoms with Gasteiger partial charge in [-0.05, 0) is 18.2 Å². The Labute approximate surface area is 132 Å². The normalized spacial score (nSPS) is 10.8. The van der Waals surface area contributed by atoms with Crippen molar-refractivity contribution >= 4 is 15.9 Å². The summed E-state index contributed by atoms with van der Waals surface area (Å²) < 4.78 is 32.8. The number of methoxy groups -OCH3 is 1. The zero-order chi connectivity index (χ0) is 16.9. The molecule has 0 aliphatic rings. The molecule has 0 radical (unpaired) electrons. The van der Waals surface area contributed by atoms with Gasteiger partial charge in [0.05, 0.1) is 31.5 Å². The van der Waals surface area contributed by atoms with Crippen LogP contribution in [0.1, 0.15) is 12.0 Å². The number of nitrogens with zero attached hydrogens (tertiary/aromatic N) is 4. The lowest BCUT2D eigenvalue weighted by atomic mass is 10.2. The van der Waals surface area contributed by atoms with Crippen LogP contribution >= 0.6 is 0 Å². The van der Waals surface area contributed by atoms with Crippen LogP contribution in [0.4, 0.5) is 0 Å². The van der Waals surface area contributed by atoms with E-state index in [1.807, 2.05) is 10.8 Å². The minimum atomic E-state index is -4.10. The van der Waals surface area contributed by atoms with Gasteiger partial charge in [0.15, 0.2) is 0 Å². The van der Waals surface area contributed by atoms with Gasteiger partial charge in [-0.2, -0.15) is 5.26 Å². The van der Waals surface area contributed by atoms with Crippen LogP contribution in [-0.4, -0.2) is 36.4 Å². The van der Waals surface area contributed by atoms with Gasteiger partial charge in [-0.3, -0.25) is 9.48 Å². The summed E-state index contributed by atoms with van der Waals surface area (Å²) in [7, 11) is -2.82. The monoisotopic (exact) mass is 335 g/mol. The Hall–Kier alpha value is -2.93. The molecule has 1 aromatic heterocycles. The molecule has 0 saturated heterocycles. The minimum absolute atomic E-state index is 0.0133. The molecule has 0 atom stereocenters. The van der Waals surface area contributed by atoms with Gasteiger partial charge in [-0.25, -0.2) is 13.1 Å². The van der Waals surface area contributed by atoms with Gasteiger partial charge in [0.25, 0.3) is 10.0 Å². The topological polar surface area (TPSA) is 127 Å². The highest BCUT2D eigenvalue weighted by Gasteiger charge is 2.22. The standard InChI is InChI=1S/C13H13N5O4S/c1-22-11-8-10(9-14)2-3-12(11)23(20,21)16-13(19)4-6-18-7-5-15-17-18/h2-3,5,7-8H,4,6H2,1H3,(H,16,19). The third kappa shape index (κ3) is 4.04. The lowest BCUT2D eigenvalue weighted by Gasteiger charge is -2.11. The van der Waals surface area contributed by atoms with Crippen LogP contribution in [0, 0.1) is 11.3 Å². The summed E-state index contributed by atoms with van der Waals surface area (Å²) in [6, 6.07) is 5.71. The predicted octanol–water partition coefficient (Wildman–Crippen LogP) is 0.0536. The van der Waals surface area contributed by atoms with Crippen LogP contribution < -0.4 is 9.46 Å². The average Bonchev–Trinajstić information content (AvgIpc) is 3.05. The minimum Gasteiger partial charge on any atom is -0.495 e. The van der Waals surface area contributed by atoms with Crippen LogP contribution in [0.2, 0.25) is 0 Å². The van der Waals surface area contributed by atoms with Gasteiger partial charge in [0.2, 0.25) is 5.91 Å². The van der Waals surface area contributed by atoms with E-state index in [1.165, 1.54) is 36.2 Å². The Morgan fingerprint density at radius 2 is 2.26 bits per heavy atom. The van der Waals surface area contributed by atoms with Crippen molar-refractivity contribution < 1.29 is 17.9 Å². The Morgan fingerprint density at radius 1 is 1.48 bits per heavy atom. The molecule has 0 saturated carbocycles. The first-order chi connectivity index (χ1) is 11.0. The smallest absolute Gasteiger partial charge is 0.267 e. The highest BCUT2D eigenvalue weighted by Crippen LogP contribution is 2.24. The molecular formula is C13H13N5O4S. The Bertz CT molecular complexity index is 840. The van der Waals surface area contributed by atoms with E-state index < -0.39 is 15.9 Å². The molecular weight excluding hydrogens is 322 g/mol. The molecule has 0 fully saturated rings. The predicted molar refractivity (Wildman–Crippen MR) is 77.7 cm³/mol. The molecule has 0 aliphatic heterocycles. The molecule has 0 spiro atoms. The maximum atomic E-state index is 12.3. The fourth-order valence-corrected chi connectivity index (χ4v) is 2.95. The maximum Gasteiger partial charge on any atom is 0.267 e. The molecule has 2 aromatic rings. The largest absolute Gasteiger partial charge is 0.495 e. The molecule has 0 aliphatic carbocycles. The molecule has 10 heteroatoms. The van der Waals surface area contributed by atoms with Crippen molar-refractivity contribution in [3.63, 3.8) is 0 Å². The van der Waals surface area contributed by atoms with E-state index in [2.05, 4.69) is 10.3 Å². The molecule has 120 valence electrons. The van der Waals surface area contributed by atoms with E-state index in [4.69, 9.17) is 10.00 Å². The van der Waals surface area contributed by atoms with Crippen molar-refractivity contribution in [2.75, 3.05) is 7.11 Å². The van der Waals surface area contributed by atoms with Crippen LogP contribution in [0.15, 0.2) is 35.5 Å². The van der Waals surface area contributed by atoms with E-state index in [0.29, 0.717) is 0 Å². The van der Waals surface area contributed by atoms with Crippen molar-refractivity contribution in [2.45, 2.75) is 17.9 Å². The molecule has 0 bridgehead atoms. The zero-order valence-electron chi connectivity index (χ0n) is 12.1. The number of hydrogen-bond acceptors (Lipinski definition) is 7. The molecule has 1 N–H and O–H groups in total. The van der Waals surface area contributed by atoms with Crippen molar-refractivity contribution in [1.29, 1.82) is 5.26 Å². The Morgan fingerprint density at radius 3 is 2.87 bits per heavy atom. The van der Waals surface area contributed by atoms with Crippen molar-refractivity contribution in [2.24, 2.45) is 0 Å². The van der Waals surface area contributed by atoms with E-state index >= 15 is 0 Å². The number of ether oxygens (including phenoxy) is 1. The SMILES string of the molecule is COc1cc(C#N)ccc1S(=O)(=O)NC(=O)CCn1ccnn1. The molecule has 23 heavy (non-hydrogen) atoms. The number of amides is 1. The second kappa shape index (κ2) is 6.89. The Balaban J connectivity index is 2.12. The fraction of sp³-hybridized carbons (Fsp3) is 0.231. The molecule has 1 aromatic carbocycles. The van der Waals surface area contributed by atoms with E-state index in [9.17, 15) is 13.2 Å². The fourth-order valence-electron chi connectivity index (χ4n) is 1.78. The summed E-state index contributed by atoms with van der Waals surface area (Å²) >= 11 is 0. The Kier molecular flexibility index (Phi) is 4.92. The molecule has 2 rings (SSSR count). The number of aromatic nitrogens is 3. The number of hydrogen-bond donors (Lipinski definition) is 1. The van der Waals surface area contributed by atoms with Crippen molar-refractivity contribution in [3.05, 3.63) is 36.2 Å². The number of benzene rings is 1. The van der Waals surface area contributed by atoms with Crippen molar-refractivity contribution in [3.8, 4) is 11.8 Å². The number of sulfonamides is 1.